The summed E-state index contributed by atoms with van der Waals surface area (Å²) in [6.07, 6.45) is 1.85. The molecule has 0 fully saturated rings. The number of nitrogens with one attached hydrogen (secondary N) is 1. The van der Waals surface area contributed by atoms with Gasteiger partial charge in [0.15, 0.2) is 0 Å². The van der Waals surface area contributed by atoms with Gasteiger partial charge in [-0.15, -0.1) is 0 Å². The molecule has 0 saturated carbocycles. The lowest BCUT2D eigenvalue weighted by Gasteiger charge is -2.14. The van der Waals surface area contributed by atoms with Gasteiger partial charge in [0.05, 0.1) is 24.8 Å². The molecule has 0 radical (unpaired) electrons. The zero-order valence-corrected chi connectivity index (χ0v) is 10.8. The highest BCUT2D eigenvalue weighted by molar-refractivity contribution is 5.58. The molecular weight excluding hydrogens is 212 g/mol. The Balaban J connectivity index is 2.77. The van der Waals surface area contributed by atoms with Crippen LogP contribution >= 0.6 is 0 Å². The second kappa shape index (κ2) is 6.80. The maximum Gasteiger partial charge on any atom is 0.141 e. The minimum atomic E-state index is 0.0463. The Morgan fingerprint density at radius 1 is 1.41 bits per heavy atom. The third-order valence-corrected chi connectivity index (χ3v) is 2.89. The molecule has 17 heavy (non-hydrogen) atoms. The molecule has 3 nitrogen and oxygen atoms in total. The van der Waals surface area contributed by atoms with Crippen LogP contribution in [0.5, 0.6) is 5.75 Å². The van der Waals surface area contributed by atoms with Crippen molar-refractivity contribution in [3.63, 3.8) is 0 Å². The fourth-order valence-electron chi connectivity index (χ4n) is 1.63. The van der Waals surface area contributed by atoms with Gasteiger partial charge in [-0.2, -0.15) is 5.26 Å². The highest BCUT2D eigenvalue weighted by atomic mass is 16.5. The Morgan fingerprint density at radius 3 is 2.71 bits per heavy atom. The van der Waals surface area contributed by atoms with Crippen molar-refractivity contribution < 1.29 is 4.74 Å². The van der Waals surface area contributed by atoms with Crippen LogP contribution in [0.3, 0.4) is 0 Å². The number of nitriles is 1. The predicted octanol–water partition coefficient (Wildman–Crippen LogP) is 3.22. The minimum Gasteiger partial charge on any atom is -0.495 e. The first-order valence-electron chi connectivity index (χ1n) is 6.05. The Morgan fingerprint density at radius 2 is 2.18 bits per heavy atom. The van der Waals surface area contributed by atoms with Gasteiger partial charge in [0.2, 0.25) is 0 Å². The number of aryl methyl sites for hydroxylation is 1. The number of hydrogen-bond donors (Lipinski definition) is 1. The van der Waals surface area contributed by atoms with E-state index in [1.54, 1.807) is 7.11 Å². The summed E-state index contributed by atoms with van der Waals surface area (Å²) in [5.41, 5.74) is 2.24. The largest absolute Gasteiger partial charge is 0.495 e. The summed E-state index contributed by atoms with van der Waals surface area (Å²) in [4.78, 5) is 0. The van der Waals surface area contributed by atoms with E-state index < -0.39 is 0 Å². The van der Waals surface area contributed by atoms with E-state index in [9.17, 15) is 0 Å². The molecule has 0 bridgehead atoms. The van der Waals surface area contributed by atoms with Crippen LogP contribution in [0.1, 0.15) is 25.8 Å². The minimum absolute atomic E-state index is 0.0463. The summed E-state index contributed by atoms with van der Waals surface area (Å²) in [6.45, 7) is 4.81. The van der Waals surface area contributed by atoms with Crippen molar-refractivity contribution in [2.24, 2.45) is 5.92 Å². The van der Waals surface area contributed by atoms with Crippen LogP contribution in [-0.2, 0) is 6.42 Å². The van der Waals surface area contributed by atoms with Crippen LogP contribution < -0.4 is 10.1 Å². The number of ether oxygens (including phenoxy) is 1. The summed E-state index contributed by atoms with van der Waals surface area (Å²) in [7, 11) is 1.66. The molecule has 0 aromatic heterocycles. The summed E-state index contributed by atoms with van der Waals surface area (Å²) >= 11 is 0. The Hall–Kier alpha value is -1.69. The third kappa shape index (κ3) is 3.67. The zero-order valence-electron chi connectivity index (χ0n) is 10.8. The molecule has 1 aromatic rings. The van der Waals surface area contributed by atoms with E-state index in [2.05, 4.69) is 30.4 Å². The average Bonchev–Trinajstić information content (AvgIpc) is 2.39. The van der Waals surface area contributed by atoms with Crippen molar-refractivity contribution in [2.45, 2.75) is 26.7 Å². The molecule has 0 heterocycles. The topological polar surface area (TPSA) is 45.0 Å². The van der Waals surface area contributed by atoms with Gasteiger partial charge in [-0.1, -0.05) is 19.9 Å². The fourth-order valence-corrected chi connectivity index (χ4v) is 1.63. The zero-order chi connectivity index (χ0) is 12.7. The number of anilines is 1. The molecule has 0 aliphatic carbocycles. The van der Waals surface area contributed by atoms with Crippen LogP contribution in [0.25, 0.3) is 0 Å². The molecule has 0 aliphatic rings. The van der Waals surface area contributed by atoms with Crippen LogP contribution in [-0.4, -0.2) is 13.7 Å². The standard InChI is InChI=1S/C14H20N2O/c1-4-11-6-7-14(17-3)13(8-11)16-10-12(5-2)9-15/h6-8,12,16H,4-5,10H2,1-3H3. The van der Waals surface area contributed by atoms with E-state index in [0.717, 1.165) is 24.3 Å². The highest BCUT2D eigenvalue weighted by Gasteiger charge is 2.07. The first-order chi connectivity index (χ1) is 8.24. The van der Waals surface area contributed by atoms with Gasteiger partial charge >= 0.3 is 0 Å². The van der Waals surface area contributed by atoms with E-state index in [1.165, 1.54) is 5.56 Å². The number of hydrogen-bond acceptors (Lipinski definition) is 3. The predicted molar refractivity (Wildman–Crippen MR) is 70.3 cm³/mol. The van der Waals surface area contributed by atoms with Crippen molar-refractivity contribution in [3.05, 3.63) is 23.8 Å². The Labute approximate surface area is 103 Å². The third-order valence-electron chi connectivity index (χ3n) is 2.89. The number of rotatable bonds is 6. The van der Waals surface area contributed by atoms with Crippen molar-refractivity contribution in [2.75, 3.05) is 19.0 Å². The second-order valence-electron chi connectivity index (χ2n) is 4.00. The van der Waals surface area contributed by atoms with Crippen LogP contribution in [0.2, 0.25) is 0 Å². The van der Waals surface area contributed by atoms with Gasteiger partial charge in [-0.3, -0.25) is 0 Å². The molecule has 1 N–H and O–H groups in total. The molecule has 0 aliphatic heterocycles. The first-order valence-corrected chi connectivity index (χ1v) is 6.05. The summed E-state index contributed by atoms with van der Waals surface area (Å²) < 4.78 is 5.30. The fraction of sp³-hybridized carbons (Fsp3) is 0.500. The molecule has 0 amide bonds. The van der Waals surface area contributed by atoms with Gasteiger partial charge in [-0.05, 0) is 30.5 Å². The monoisotopic (exact) mass is 232 g/mol. The Bertz CT molecular complexity index is 396. The highest BCUT2D eigenvalue weighted by Crippen LogP contribution is 2.26. The molecule has 0 saturated heterocycles. The molecular formula is C14H20N2O. The quantitative estimate of drug-likeness (QED) is 0.819. The van der Waals surface area contributed by atoms with Crippen LogP contribution in [0, 0.1) is 17.2 Å². The number of benzene rings is 1. The van der Waals surface area contributed by atoms with Gasteiger partial charge in [0.1, 0.15) is 5.75 Å². The lowest BCUT2D eigenvalue weighted by atomic mass is 10.1. The van der Waals surface area contributed by atoms with Gasteiger partial charge in [-0.25, -0.2) is 0 Å². The van der Waals surface area contributed by atoms with Crippen LogP contribution in [0.15, 0.2) is 18.2 Å². The lowest BCUT2D eigenvalue weighted by Crippen LogP contribution is -2.12. The molecule has 0 spiro atoms. The molecule has 1 atom stereocenters. The normalized spacial score (nSPS) is 11.6. The van der Waals surface area contributed by atoms with E-state index in [1.807, 2.05) is 13.0 Å². The van der Waals surface area contributed by atoms with Gasteiger partial charge < -0.3 is 10.1 Å². The Kier molecular flexibility index (Phi) is 5.35. The SMILES string of the molecule is CCc1ccc(OC)c(NCC(C#N)CC)c1. The first kappa shape index (κ1) is 13.4. The maximum atomic E-state index is 8.91. The smallest absolute Gasteiger partial charge is 0.141 e. The molecule has 92 valence electrons. The lowest BCUT2D eigenvalue weighted by molar-refractivity contribution is 0.416. The van der Waals surface area contributed by atoms with Crippen molar-refractivity contribution in [3.8, 4) is 11.8 Å². The van der Waals surface area contributed by atoms with Crippen molar-refractivity contribution >= 4 is 5.69 Å². The van der Waals surface area contributed by atoms with Crippen molar-refractivity contribution in [1.82, 2.24) is 0 Å². The summed E-state index contributed by atoms with van der Waals surface area (Å²) in [5, 5.41) is 12.2. The molecule has 1 aromatic carbocycles. The molecule has 3 heteroatoms. The van der Waals surface area contributed by atoms with E-state index in [4.69, 9.17) is 10.00 Å². The van der Waals surface area contributed by atoms with E-state index >= 15 is 0 Å². The van der Waals surface area contributed by atoms with Crippen LogP contribution in [0.4, 0.5) is 5.69 Å². The number of methoxy groups -OCH3 is 1. The van der Waals surface area contributed by atoms with E-state index in [0.29, 0.717) is 6.54 Å². The molecule has 1 unspecified atom stereocenters. The number of nitrogens with zero attached hydrogens (tertiary/aromatic N) is 1. The summed E-state index contributed by atoms with van der Waals surface area (Å²) in [5.74, 6) is 0.875. The van der Waals surface area contributed by atoms with Gasteiger partial charge in [0.25, 0.3) is 0 Å². The van der Waals surface area contributed by atoms with Crippen molar-refractivity contribution in [1.29, 1.82) is 5.26 Å². The van der Waals surface area contributed by atoms with E-state index in [-0.39, 0.29) is 5.92 Å². The molecule has 1 rings (SSSR count). The maximum absolute atomic E-state index is 8.91. The second-order valence-corrected chi connectivity index (χ2v) is 4.00. The average molecular weight is 232 g/mol. The summed E-state index contributed by atoms with van der Waals surface area (Å²) in [6, 6.07) is 8.40. The van der Waals surface area contributed by atoms with Gasteiger partial charge in [0, 0.05) is 6.54 Å².